The molecule has 0 aliphatic carbocycles. The lowest BCUT2D eigenvalue weighted by Crippen LogP contribution is -2.29. The smallest absolute Gasteiger partial charge is 0.118 e. The summed E-state index contributed by atoms with van der Waals surface area (Å²) in [5.41, 5.74) is 1.34. The van der Waals surface area contributed by atoms with E-state index >= 15 is 0 Å². The fourth-order valence-electron chi connectivity index (χ4n) is 2.22. The summed E-state index contributed by atoms with van der Waals surface area (Å²) in [5.74, 6) is 2.02. The van der Waals surface area contributed by atoms with Gasteiger partial charge in [-0.05, 0) is 38.6 Å². The molecule has 0 aliphatic rings. The van der Waals surface area contributed by atoms with Crippen LogP contribution in [0.4, 0.5) is 0 Å². The van der Waals surface area contributed by atoms with Gasteiger partial charge in [-0.25, -0.2) is 0 Å². The highest BCUT2D eigenvalue weighted by atomic mass is 16.3. The number of nitrogens with zero attached hydrogens (tertiary/aromatic N) is 1. The van der Waals surface area contributed by atoms with Crippen LogP contribution in [0, 0.1) is 0 Å². The van der Waals surface area contributed by atoms with Gasteiger partial charge in [0.1, 0.15) is 11.5 Å². The lowest BCUT2D eigenvalue weighted by molar-refractivity contribution is 0.186. The monoisotopic (exact) mass is 272 g/mol. The molecule has 1 heterocycles. The van der Waals surface area contributed by atoms with Crippen molar-refractivity contribution in [2.45, 2.75) is 39.5 Å². The van der Waals surface area contributed by atoms with Gasteiger partial charge in [-0.15, -0.1) is 0 Å². The number of hydrogen-bond donors (Lipinski definition) is 1. The first-order valence-corrected chi connectivity index (χ1v) is 7.19. The maximum atomic E-state index is 5.84. The van der Waals surface area contributed by atoms with E-state index < -0.39 is 0 Å². The van der Waals surface area contributed by atoms with E-state index in [0.29, 0.717) is 6.04 Å². The van der Waals surface area contributed by atoms with E-state index in [9.17, 15) is 0 Å². The number of rotatable bonds is 7. The molecule has 3 heteroatoms. The van der Waals surface area contributed by atoms with Crippen molar-refractivity contribution >= 4 is 0 Å². The highest BCUT2D eigenvalue weighted by molar-refractivity contribution is 5.15. The van der Waals surface area contributed by atoms with Crippen molar-refractivity contribution in [3.8, 4) is 0 Å². The number of benzene rings is 1. The zero-order valence-corrected chi connectivity index (χ0v) is 12.6. The summed E-state index contributed by atoms with van der Waals surface area (Å²) >= 11 is 0. The number of nitrogens with one attached hydrogen (secondary N) is 1. The van der Waals surface area contributed by atoms with Crippen LogP contribution in [0.25, 0.3) is 0 Å². The Morgan fingerprint density at radius 3 is 2.35 bits per heavy atom. The molecule has 0 saturated heterocycles. The predicted octanol–water partition coefficient (Wildman–Crippen LogP) is 3.41. The molecular formula is C17H24N2O. The highest BCUT2D eigenvalue weighted by Crippen LogP contribution is 2.15. The van der Waals surface area contributed by atoms with E-state index in [-0.39, 0.29) is 0 Å². The van der Waals surface area contributed by atoms with Gasteiger partial charge in [0.2, 0.25) is 0 Å². The van der Waals surface area contributed by atoms with E-state index in [4.69, 9.17) is 4.42 Å². The molecule has 0 amide bonds. The van der Waals surface area contributed by atoms with Crippen molar-refractivity contribution in [2.24, 2.45) is 0 Å². The van der Waals surface area contributed by atoms with Crippen molar-refractivity contribution in [2.75, 3.05) is 7.05 Å². The van der Waals surface area contributed by atoms with Crippen molar-refractivity contribution < 1.29 is 4.42 Å². The lowest BCUT2D eigenvalue weighted by Gasteiger charge is -2.25. The normalized spacial score (nSPS) is 11.4. The largest absolute Gasteiger partial charge is 0.463 e. The van der Waals surface area contributed by atoms with Gasteiger partial charge in [-0.3, -0.25) is 4.90 Å². The van der Waals surface area contributed by atoms with Gasteiger partial charge < -0.3 is 9.73 Å². The van der Waals surface area contributed by atoms with Crippen molar-refractivity contribution in [1.82, 2.24) is 10.2 Å². The summed E-state index contributed by atoms with van der Waals surface area (Å²) in [6.07, 6.45) is 0. The van der Waals surface area contributed by atoms with Crippen LogP contribution in [0.3, 0.4) is 0 Å². The summed E-state index contributed by atoms with van der Waals surface area (Å²) in [6.45, 7) is 7.01. The minimum absolute atomic E-state index is 0.480. The van der Waals surface area contributed by atoms with Gasteiger partial charge in [0.15, 0.2) is 0 Å². The van der Waals surface area contributed by atoms with E-state index in [0.717, 1.165) is 31.2 Å². The van der Waals surface area contributed by atoms with Gasteiger partial charge >= 0.3 is 0 Å². The second-order valence-corrected chi connectivity index (χ2v) is 5.38. The first-order chi connectivity index (χ1) is 9.69. The molecule has 2 rings (SSSR count). The van der Waals surface area contributed by atoms with Crippen LogP contribution in [-0.4, -0.2) is 18.0 Å². The first kappa shape index (κ1) is 14.8. The molecule has 3 nitrogen and oxygen atoms in total. The fraction of sp³-hybridized carbons (Fsp3) is 0.412. The SMILES string of the molecule is CNCc1ccc(CN(Cc2ccccc2)C(C)C)o1. The molecule has 1 N–H and O–H groups in total. The quantitative estimate of drug-likeness (QED) is 0.837. The number of furan rings is 1. The highest BCUT2D eigenvalue weighted by Gasteiger charge is 2.13. The Bertz CT molecular complexity index is 505. The summed E-state index contributed by atoms with van der Waals surface area (Å²) in [4.78, 5) is 2.41. The van der Waals surface area contributed by atoms with Crippen molar-refractivity contribution in [3.05, 3.63) is 59.5 Å². The molecule has 0 unspecified atom stereocenters. The summed E-state index contributed by atoms with van der Waals surface area (Å²) in [6, 6.07) is 15.2. The van der Waals surface area contributed by atoms with Crippen LogP contribution < -0.4 is 5.32 Å². The Balaban J connectivity index is 2.01. The summed E-state index contributed by atoms with van der Waals surface area (Å²) < 4.78 is 5.84. The van der Waals surface area contributed by atoms with Crippen LogP contribution in [0.1, 0.15) is 30.9 Å². The van der Waals surface area contributed by atoms with Gasteiger partial charge in [-0.1, -0.05) is 30.3 Å². The summed E-state index contributed by atoms with van der Waals surface area (Å²) in [7, 11) is 1.93. The van der Waals surface area contributed by atoms with Gasteiger partial charge in [0, 0.05) is 12.6 Å². The molecule has 0 radical (unpaired) electrons. The molecule has 1 aromatic carbocycles. The van der Waals surface area contributed by atoms with Crippen LogP contribution in [0.5, 0.6) is 0 Å². The first-order valence-electron chi connectivity index (χ1n) is 7.19. The van der Waals surface area contributed by atoms with Crippen LogP contribution in [-0.2, 0) is 19.6 Å². The van der Waals surface area contributed by atoms with Crippen molar-refractivity contribution in [3.63, 3.8) is 0 Å². The fourth-order valence-corrected chi connectivity index (χ4v) is 2.22. The second kappa shape index (κ2) is 7.27. The topological polar surface area (TPSA) is 28.4 Å². The second-order valence-electron chi connectivity index (χ2n) is 5.38. The Morgan fingerprint density at radius 1 is 1.00 bits per heavy atom. The molecular weight excluding hydrogens is 248 g/mol. The Hall–Kier alpha value is -1.58. The van der Waals surface area contributed by atoms with Gasteiger partial charge in [0.05, 0.1) is 13.1 Å². The molecule has 0 spiro atoms. The van der Waals surface area contributed by atoms with Gasteiger partial charge in [-0.2, -0.15) is 0 Å². The van der Waals surface area contributed by atoms with Crippen molar-refractivity contribution in [1.29, 1.82) is 0 Å². The van der Waals surface area contributed by atoms with E-state index in [1.807, 2.05) is 13.1 Å². The molecule has 0 bridgehead atoms. The summed E-state index contributed by atoms with van der Waals surface area (Å²) in [5, 5.41) is 3.11. The van der Waals surface area contributed by atoms with E-state index in [2.05, 4.69) is 60.5 Å². The van der Waals surface area contributed by atoms with E-state index in [1.165, 1.54) is 5.56 Å². The zero-order valence-electron chi connectivity index (χ0n) is 12.6. The molecule has 108 valence electrons. The maximum absolute atomic E-state index is 5.84. The molecule has 0 saturated carbocycles. The Morgan fingerprint density at radius 2 is 1.70 bits per heavy atom. The molecule has 0 atom stereocenters. The minimum Gasteiger partial charge on any atom is -0.463 e. The van der Waals surface area contributed by atoms with Gasteiger partial charge in [0.25, 0.3) is 0 Å². The molecule has 0 aliphatic heterocycles. The van der Waals surface area contributed by atoms with E-state index in [1.54, 1.807) is 0 Å². The predicted molar refractivity (Wildman–Crippen MR) is 82.3 cm³/mol. The maximum Gasteiger partial charge on any atom is 0.118 e. The molecule has 1 aromatic heterocycles. The van der Waals surface area contributed by atoms with Crippen LogP contribution in [0.2, 0.25) is 0 Å². The average molecular weight is 272 g/mol. The minimum atomic E-state index is 0.480. The number of hydrogen-bond acceptors (Lipinski definition) is 3. The standard InChI is InChI=1S/C17H24N2O/c1-14(2)19(12-15-7-5-4-6-8-15)13-17-10-9-16(20-17)11-18-3/h4-10,14,18H,11-13H2,1-3H3. The third kappa shape index (κ3) is 4.22. The average Bonchev–Trinajstić information content (AvgIpc) is 2.87. The third-order valence-corrected chi connectivity index (χ3v) is 3.39. The Kier molecular flexibility index (Phi) is 5.39. The zero-order chi connectivity index (χ0) is 14.4. The van der Waals surface area contributed by atoms with Crippen LogP contribution >= 0.6 is 0 Å². The lowest BCUT2D eigenvalue weighted by atomic mass is 10.2. The molecule has 2 aromatic rings. The third-order valence-electron chi connectivity index (χ3n) is 3.39. The molecule has 20 heavy (non-hydrogen) atoms. The Labute approximate surface area is 121 Å². The van der Waals surface area contributed by atoms with Crippen LogP contribution in [0.15, 0.2) is 46.9 Å². The molecule has 0 fully saturated rings.